The van der Waals surface area contributed by atoms with Gasteiger partial charge in [0.15, 0.2) is 0 Å². The normalized spacial score (nSPS) is 12.8. The number of hydrogen-bond donors (Lipinski definition) is 4. The first-order valence-corrected chi connectivity index (χ1v) is 4.11. The highest BCUT2D eigenvalue weighted by Gasteiger charge is 2.24. The zero-order valence-corrected chi connectivity index (χ0v) is 8.15. The van der Waals surface area contributed by atoms with Crippen molar-refractivity contribution in [2.45, 2.75) is 18.9 Å². The number of hydrazine groups is 2. The molecule has 0 amide bonds. The molecule has 1 atom stereocenters. The van der Waals surface area contributed by atoms with E-state index < -0.39 is 18.0 Å². The van der Waals surface area contributed by atoms with Crippen LogP contribution in [0.3, 0.4) is 0 Å². The molecule has 0 aliphatic carbocycles. The van der Waals surface area contributed by atoms with E-state index in [0.717, 1.165) is 0 Å². The van der Waals surface area contributed by atoms with Crippen molar-refractivity contribution in [3.63, 3.8) is 0 Å². The highest BCUT2D eigenvalue weighted by Crippen LogP contribution is 2.02. The van der Waals surface area contributed by atoms with Gasteiger partial charge in [-0.3, -0.25) is 9.59 Å². The molecular weight excluding hydrogens is 190 g/mol. The number of nitrogens with zero attached hydrogens (tertiary/aromatic N) is 1. The average Bonchev–Trinajstić information content (AvgIpc) is 2.11. The summed E-state index contributed by atoms with van der Waals surface area (Å²) < 4.78 is 0. The van der Waals surface area contributed by atoms with Crippen molar-refractivity contribution in [2.75, 3.05) is 14.1 Å². The van der Waals surface area contributed by atoms with Crippen LogP contribution >= 0.6 is 0 Å². The lowest BCUT2D eigenvalue weighted by Crippen LogP contribution is -2.54. The summed E-state index contributed by atoms with van der Waals surface area (Å²) in [6.07, 6.45) is -0.150. The van der Waals surface area contributed by atoms with Crippen LogP contribution in [0.25, 0.3) is 0 Å². The summed E-state index contributed by atoms with van der Waals surface area (Å²) in [5, 5.41) is 18.5. The molecule has 0 aromatic rings. The minimum atomic E-state index is -1.07. The Kier molecular flexibility index (Phi) is 5.77. The van der Waals surface area contributed by atoms with Crippen LogP contribution in [-0.4, -0.2) is 47.4 Å². The Morgan fingerprint density at radius 1 is 1.29 bits per heavy atom. The molecule has 7 heteroatoms. The Hall–Kier alpha value is -1.18. The van der Waals surface area contributed by atoms with Gasteiger partial charge in [0, 0.05) is 20.5 Å². The molecule has 0 saturated carbocycles. The van der Waals surface area contributed by atoms with Gasteiger partial charge in [0.1, 0.15) is 6.04 Å². The summed E-state index contributed by atoms with van der Waals surface area (Å²) in [5.41, 5.74) is 5.21. The maximum atomic E-state index is 10.8. The Morgan fingerprint density at radius 2 is 1.79 bits per heavy atom. The molecule has 0 saturated heterocycles. The third kappa shape index (κ3) is 4.17. The largest absolute Gasteiger partial charge is 0.481 e. The SMILES string of the molecule is CNN(NC)[C@@H](CCC(=O)O)C(=O)O. The second kappa shape index (κ2) is 6.30. The Morgan fingerprint density at radius 3 is 2.07 bits per heavy atom. The molecule has 0 heterocycles. The number of rotatable bonds is 7. The maximum Gasteiger partial charge on any atom is 0.323 e. The van der Waals surface area contributed by atoms with Crippen molar-refractivity contribution in [1.82, 2.24) is 16.0 Å². The van der Waals surface area contributed by atoms with E-state index in [1.807, 2.05) is 0 Å². The van der Waals surface area contributed by atoms with E-state index in [4.69, 9.17) is 10.2 Å². The van der Waals surface area contributed by atoms with Gasteiger partial charge in [-0.25, -0.2) is 10.9 Å². The third-order valence-corrected chi connectivity index (χ3v) is 1.71. The van der Waals surface area contributed by atoms with Crippen LogP contribution in [0.2, 0.25) is 0 Å². The van der Waals surface area contributed by atoms with Crippen molar-refractivity contribution in [1.29, 1.82) is 0 Å². The molecule has 0 aromatic heterocycles. The maximum absolute atomic E-state index is 10.8. The Bertz CT molecular complexity index is 205. The number of aliphatic carboxylic acids is 2. The summed E-state index contributed by atoms with van der Waals surface area (Å²) in [5.74, 6) is -2.08. The van der Waals surface area contributed by atoms with Gasteiger partial charge < -0.3 is 10.2 Å². The number of nitrogens with one attached hydrogen (secondary N) is 2. The lowest BCUT2D eigenvalue weighted by atomic mass is 10.1. The molecule has 0 bridgehead atoms. The van der Waals surface area contributed by atoms with Gasteiger partial charge in [-0.05, 0) is 6.42 Å². The summed E-state index contributed by atoms with van der Waals surface area (Å²) in [6, 6.07) is -0.902. The standard InChI is InChI=1S/C7H15N3O4/c1-8-10(9-2)5(7(13)14)3-4-6(11)12/h5,8-9H,3-4H2,1-2H3,(H,11,12)(H,13,14)/t5-/m0/s1. The van der Waals surface area contributed by atoms with Gasteiger partial charge in [0.2, 0.25) is 0 Å². The highest BCUT2D eigenvalue weighted by atomic mass is 16.4. The molecule has 0 aliphatic heterocycles. The van der Waals surface area contributed by atoms with Gasteiger partial charge in [0.05, 0.1) is 0 Å². The zero-order chi connectivity index (χ0) is 11.1. The first-order chi connectivity index (χ1) is 6.52. The molecule has 0 radical (unpaired) electrons. The number of carboxylic acids is 2. The zero-order valence-electron chi connectivity index (χ0n) is 8.15. The summed E-state index contributed by atoms with van der Waals surface area (Å²) in [7, 11) is 3.10. The van der Waals surface area contributed by atoms with Gasteiger partial charge in [-0.2, -0.15) is 5.12 Å². The highest BCUT2D eigenvalue weighted by molar-refractivity contribution is 5.74. The van der Waals surface area contributed by atoms with E-state index in [1.54, 1.807) is 14.1 Å². The fourth-order valence-corrected chi connectivity index (χ4v) is 1.05. The Balaban J connectivity index is 4.27. The monoisotopic (exact) mass is 205 g/mol. The first-order valence-electron chi connectivity index (χ1n) is 4.11. The molecule has 0 fully saturated rings. The third-order valence-electron chi connectivity index (χ3n) is 1.71. The average molecular weight is 205 g/mol. The fraction of sp³-hybridized carbons (Fsp3) is 0.714. The van der Waals surface area contributed by atoms with Crippen LogP contribution in [0.1, 0.15) is 12.8 Å². The van der Waals surface area contributed by atoms with E-state index in [0.29, 0.717) is 0 Å². The smallest absolute Gasteiger partial charge is 0.323 e. The number of carboxylic acid groups (broad SMARTS) is 2. The molecule has 7 nitrogen and oxygen atoms in total. The predicted octanol–water partition coefficient (Wildman–Crippen LogP) is -1.12. The quantitative estimate of drug-likeness (QED) is 0.390. The van der Waals surface area contributed by atoms with Gasteiger partial charge in [0.25, 0.3) is 0 Å². The van der Waals surface area contributed by atoms with Gasteiger partial charge in [-0.1, -0.05) is 0 Å². The molecule has 0 unspecified atom stereocenters. The van der Waals surface area contributed by atoms with E-state index in [9.17, 15) is 9.59 Å². The minimum absolute atomic E-state index is 0.0341. The van der Waals surface area contributed by atoms with Gasteiger partial charge in [-0.15, -0.1) is 0 Å². The van der Waals surface area contributed by atoms with Crippen LogP contribution in [0, 0.1) is 0 Å². The summed E-state index contributed by atoms with van der Waals surface area (Å²) in [6.45, 7) is 0. The van der Waals surface area contributed by atoms with Crippen molar-refractivity contribution in [2.24, 2.45) is 0 Å². The second-order valence-corrected chi connectivity index (χ2v) is 2.60. The Labute approximate surface area is 81.6 Å². The van der Waals surface area contributed by atoms with Gasteiger partial charge >= 0.3 is 11.9 Å². The van der Waals surface area contributed by atoms with E-state index >= 15 is 0 Å². The first kappa shape index (κ1) is 12.8. The lowest BCUT2D eigenvalue weighted by Gasteiger charge is -2.25. The van der Waals surface area contributed by atoms with E-state index in [1.165, 1.54) is 5.12 Å². The molecule has 4 N–H and O–H groups in total. The van der Waals surface area contributed by atoms with Crippen molar-refractivity contribution < 1.29 is 19.8 Å². The van der Waals surface area contributed by atoms with Crippen LogP contribution in [-0.2, 0) is 9.59 Å². The summed E-state index contributed by atoms with van der Waals surface area (Å²) in [4.78, 5) is 21.0. The second-order valence-electron chi connectivity index (χ2n) is 2.60. The van der Waals surface area contributed by atoms with E-state index in [-0.39, 0.29) is 12.8 Å². The van der Waals surface area contributed by atoms with Crippen molar-refractivity contribution in [3.8, 4) is 0 Å². The molecule has 0 aromatic carbocycles. The molecule has 82 valence electrons. The molecule has 0 aliphatic rings. The van der Waals surface area contributed by atoms with E-state index in [2.05, 4.69) is 10.9 Å². The van der Waals surface area contributed by atoms with Crippen molar-refractivity contribution >= 4 is 11.9 Å². The fourth-order valence-electron chi connectivity index (χ4n) is 1.05. The molecule has 0 rings (SSSR count). The van der Waals surface area contributed by atoms with Crippen LogP contribution in [0.15, 0.2) is 0 Å². The van der Waals surface area contributed by atoms with Crippen molar-refractivity contribution in [3.05, 3.63) is 0 Å². The molecule has 0 spiro atoms. The molecular formula is C7H15N3O4. The topological polar surface area (TPSA) is 102 Å². The molecule has 14 heavy (non-hydrogen) atoms. The predicted molar refractivity (Wildman–Crippen MR) is 48.3 cm³/mol. The van der Waals surface area contributed by atoms with Crippen LogP contribution in [0.5, 0.6) is 0 Å². The minimum Gasteiger partial charge on any atom is -0.481 e. The summed E-state index contributed by atoms with van der Waals surface area (Å²) >= 11 is 0. The number of hydrogen-bond acceptors (Lipinski definition) is 5. The lowest BCUT2D eigenvalue weighted by molar-refractivity contribution is -0.147. The van der Waals surface area contributed by atoms with Crippen LogP contribution in [0.4, 0.5) is 0 Å². The number of carbonyl (C=O) groups is 2. The van der Waals surface area contributed by atoms with Crippen LogP contribution < -0.4 is 10.9 Å².